The number of rotatable bonds is 3. The van der Waals surface area contributed by atoms with Gasteiger partial charge in [-0.3, -0.25) is 4.98 Å². The van der Waals surface area contributed by atoms with E-state index in [0.29, 0.717) is 23.3 Å². The monoisotopic (exact) mass is 371 g/mol. The van der Waals surface area contributed by atoms with Gasteiger partial charge >= 0.3 is 0 Å². The molecule has 1 atom stereocenters. The van der Waals surface area contributed by atoms with E-state index in [-0.39, 0.29) is 30.6 Å². The zero-order valence-electron chi connectivity index (χ0n) is 13.7. The van der Waals surface area contributed by atoms with Gasteiger partial charge in [0.1, 0.15) is 17.1 Å². The number of pyridine rings is 1. The van der Waals surface area contributed by atoms with E-state index in [2.05, 4.69) is 39.2 Å². The van der Waals surface area contributed by atoms with Crippen molar-refractivity contribution in [3.63, 3.8) is 0 Å². The molecule has 0 saturated carbocycles. The lowest BCUT2D eigenvalue weighted by Gasteiger charge is -2.36. The molecule has 0 aliphatic carbocycles. The van der Waals surface area contributed by atoms with Crippen LogP contribution in [0.4, 0.5) is 5.82 Å². The van der Waals surface area contributed by atoms with Crippen molar-refractivity contribution in [2.75, 3.05) is 24.5 Å². The number of halogens is 2. The van der Waals surface area contributed by atoms with Crippen LogP contribution < -0.4 is 10.2 Å². The lowest BCUT2D eigenvalue weighted by Crippen LogP contribution is -2.53. The SMILES string of the molecule is CC(C)[C@@H]1CN(c2ccc(-c3ncccc3O)nn2)CCN1.Cl.Cl. The molecule has 0 bridgehead atoms. The van der Waals surface area contributed by atoms with Crippen LogP contribution in [-0.4, -0.2) is 46.0 Å². The van der Waals surface area contributed by atoms with E-state index in [4.69, 9.17) is 0 Å². The van der Waals surface area contributed by atoms with Gasteiger partial charge < -0.3 is 15.3 Å². The maximum atomic E-state index is 9.83. The van der Waals surface area contributed by atoms with Crippen molar-refractivity contribution in [3.8, 4) is 17.1 Å². The fourth-order valence-electron chi connectivity index (χ4n) is 2.65. The summed E-state index contributed by atoms with van der Waals surface area (Å²) in [4.78, 5) is 6.40. The maximum absolute atomic E-state index is 9.83. The second-order valence-electron chi connectivity index (χ2n) is 5.90. The summed E-state index contributed by atoms with van der Waals surface area (Å²) in [6.45, 7) is 7.25. The van der Waals surface area contributed by atoms with Crippen molar-refractivity contribution >= 4 is 30.6 Å². The van der Waals surface area contributed by atoms with E-state index in [0.717, 1.165) is 25.5 Å². The molecule has 3 rings (SSSR count). The predicted molar refractivity (Wildman–Crippen MR) is 100 cm³/mol. The minimum Gasteiger partial charge on any atom is -0.506 e. The Morgan fingerprint density at radius 1 is 1.21 bits per heavy atom. The lowest BCUT2D eigenvalue weighted by molar-refractivity contribution is 0.367. The maximum Gasteiger partial charge on any atom is 0.151 e. The Labute approximate surface area is 154 Å². The Hall–Kier alpha value is -1.63. The average Bonchev–Trinajstić information content (AvgIpc) is 2.56. The normalized spacial score (nSPS) is 17.1. The average molecular weight is 372 g/mol. The van der Waals surface area contributed by atoms with Crippen molar-refractivity contribution in [2.45, 2.75) is 19.9 Å². The minimum atomic E-state index is 0. The number of anilines is 1. The standard InChI is InChI=1S/C16H21N5O.2ClH/c1-11(2)13-10-21(9-8-17-13)15-6-5-12(19-20-15)16-14(22)4-3-7-18-16;;/h3-7,11,13,17,22H,8-10H2,1-2H3;2*1H/t13-;;/m0../s1. The Balaban J connectivity index is 0.00000144. The van der Waals surface area contributed by atoms with E-state index in [1.54, 1.807) is 18.3 Å². The van der Waals surface area contributed by atoms with Gasteiger partial charge in [-0.05, 0) is 30.2 Å². The Kier molecular flexibility index (Phi) is 7.66. The first-order chi connectivity index (χ1) is 10.6. The molecule has 0 aromatic carbocycles. The third-order valence-electron chi connectivity index (χ3n) is 4.01. The zero-order valence-corrected chi connectivity index (χ0v) is 15.3. The first-order valence-electron chi connectivity index (χ1n) is 7.61. The molecule has 2 aromatic heterocycles. The first kappa shape index (κ1) is 20.4. The molecule has 3 heterocycles. The largest absolute Gasteiger partial charge is 0.506 e. The highest BCUT2D eigenvalue weighted by Gasteiger charge is 2.23. The Bertz CT molecular complexity index is 639. The molecular weight excluding hydrogens is 349 g/mol. The van der Waals surface area contributed by atoms with Crippen molar-refractivity contribution in [1.29, 1.82) is 0 Å². The van der Waals surface area contributed by atoms with Gasteiger partial charge in [0.15, 0.2) is 5.82 Å². The summed E-state index contributed by atoms with van der Waals surface area (Å²) in [5, 5.41) is 21.9. The van der Waals surface area contributed by atoms with E-state index >= 15 is 0 Å². The molecule has 2 aromatic rings. The van der Waals surface area contributed by atoms with Gasteiger partial charge in [0.05, 0.1) is 0 Å². The fourth-order valence-corrected chi connectivity index (χ4v) is 2.65. The predicted octanol–water partition coefficient (Wildman–Crippen LogP) is 2.52. The van der Waals surface area contributed by atoms with Gasteiger partial charge in [0.25, 0.3) is 0 Å². The van der Waals surface area contributed by atoms with Crippen LogP contribution in [-0.2, 0) is 0 Å². The summed E-state index contributed by atoms with van der Waals surface area (Å²) in [6.07, 6.45) is 1.63. The smallest absolute Gasteiger partial charge is 0.151 e. The van der Waals surface area contributed by atoms with E-state index in [9.17, 15) is 5.11 Å². The number of nitrogens with zero attached hydrogens (tertiary/aromatic N) is 4. The summed E-state index contributed by atoms with van der Waals surface area (Å²) in [5.41, 5.74) is 1.04. The summed E-state index contributed by atoms with van der Waals surface area (Å²) in [7, 11) is 0. The minimum absolute atomic E-state index is 0. The van der Waals surface area contributed by atoms with Crippen molar-refractivity contribution in [3.05, 3.63) is 30.5 Å². The van der Waals surface area contributed by atoms with E-state index in [1.807, 2.05) is 12.1 Å². The molecule has 1 fully saturated rings. The molecule has 0 amide bonds. The second kappa shape index (κ2) is 9.01. The van der Waals surface area contributed by atoms with Gasteiger partial charge in [-0.1, -0.05) is 13.8 Å². The van der Waals surface area contributed by atoms with Gasteiger partial charge in [-0.2, -0.15) is 0 Å². The molecule has 0 unspecified atom stereocenters. The van der Waals surface area contributed by atoms with Crippen LogP contribution >= 0.6 is 24.8 Å². The molecule has 2 N–H and O–H groups in total. The number of aromatic nitrogens is 3. The first-order valence-corrected chi connectivity index (χ1v) is 7.61. The number of aromatic hydroxyl groups is 1. The summed E-state index contributed by atoms with van der Waals surface area (Å²) < 4.78 is 0. The van der Waals surface area contributed by atoms with E-state index in [1.165, 1.54) is 0 Å². The number of piperazine rings is 1. The molecule has 1 aliphatic heterocycles. The van der Waals surface area contributed by atoms with Gasteiger partial charge in [0, 0.05) is 31.9 Å². The van der Waals surface area contributed by atoms with Gasteiger partial charge in [0.2, 0.25) is 0 Å². The molecule has 132 valence electrons. The van der Waals surface area contributed by atoms with Crippen LogP contribution in [0.15, 0.2) is 30.5 Å². The van der Waals surface area contributed by atoms with Crippen molar-refractivity contribution in [1.82, 2.24) is 20.5 Å². The van der Waals surface area contributed by atoms with Crippen molar-refractivity contribution < 1.29 is 5.11 Å². The highest BCUT2D eigenvalue weighted by atomic mass is 35.5. The third kappa shape index (κ3) is 4.47. The highest BCUT2D eigenvalue weighted by Crippen LogP contribution is 2.25. The molecule has 8 heteroatoms. The summed E-state index contributed by atoms with van der Waals surface area (Å²) in [5.74, 6) is 1.57. The molecule has 24 heavy (non-hydrogen) atoms. The molecule has 0 radical (unpaired) electrons. The number of nitrogens with one attached hydrogen (secondary N) is 1. The van der Waals surface area contributed by atoms with Gasteiger partial charge in [-0.15, -0.1) is 35.0 Å². The number of hydrogen-bond donors (Lipinski definition) is 2. The van der Waals surface area contributed by atoms with Crippen LogP contribution in [0.3, 0.4) is 0 Å². The third-order valence-corrected chi connectivity index (χ3v) is 4.01. The topological polar surface area (TPSA) is 74.2 Å². The van der Waals surface area contributed by atoms with Crippen LogP contribution in [0, 0.1) is 5.92 Å². The molecule has 1 aliphatic rings. The molecule has 6 nitrogen and oxygen atoms in total. The van der Waals surface area contributed by atoms with Crippen LogP contribution in [0.2, 0.25) is 0 Å². The second-order valence-corrected chi connectivity index (χ2v) is 5.90. The van der Waals surface area contributed by atoms with Crippen LogP contribution in [0.1, 0.15) is 13.8 Å². The summed E-state index contributed by atoms with van der Waals surface area (Å²) in [6, 6.07) is 7.56. The highest BCUT2D eigenvalue weighted by molar-refractivity contribution is 5.85. The van der Waals surface area contributed by atoms with Crippen molar-refractivity contribution in [2.24, 2.45) is 5.92 Å². The van der Waals surface area contributed by atoms with Crippen LogP contribution in [0.25, 0.3) is 11.4 Å². The molecule has 0 spiro atoms. The zero-order chi connectivity index (χ0) is 15.5. The quantitative estimate of drug-likeness (QED) is 0.863. The fraction of sp³-hybridized carbons (Fsp3) is 0.438. The molecular formula is C16H23Cl2N5O. The Morgan fingerprint density at radius 2 is 2.00 bits per heavy atom. The Morgan fingerprint density at radius 3 is 2.62 bits per heavy atom. The van der Waals surface area contributed by atoms with Gasteiger partial charge in [-0.25, -0.2) is 0 Å². The molecule has 1 saturated heterocycles. The van der Waals surface area contributed by atoms with Crippen LogP contribution in [0.5, 0.6) is 5.75 Å². The lowest BCUT2D eigenvalue weighted by atomic mass is 10.0. The van der Waals surface area contributed by atoms with E-state index < -0.39 is 0 Å². The number of hydrogen-bond acceptors (Lipinski definition) is 6. The summed E-state index contributed by atoms with van der Waals surface area (Å²) >= 11 is 0.